The first-order chi connectivity index (χ1) is 7.45. The molecule has 0 bridgehead atoms. The molecule has 15 heavy (non-hydrogen) atoms. The lowest BCUT2D eigenvalue weighted by atomic mass is 10.1. The smallest absolute Gasteiger partial charge is 0.0933 e. The summed E-state index contributed by atoms with van der Waals surface area (Å²) in [7, 11) is 0. The monoisotopic (exact) mass is 214 g/mol. The van der Waals surface area contributed by atoms with Gasteiger partial charge in [0.2, 0.25) is 0 Å². The minimum atomic E-state index is 0.259. The molecule has 2 aliphatic heterocycles. The van der Waals surface area contributed by atoms with Crippen LogP contribution >= 0.6 is 0 Å². The summed E-state index contributed by atoms with van der Waals surface area (Å²) in [6.45, 7) is 5.49. The number of ether oxygens (including phenoxy) is 2. The van der Waals surface area contributed by atoms with E-state index in [9.17, 15) is 0 Å². The van der Waals surface area contributed by atoms with Crippen molar-refractivity contribution in [2.45, 2.75) is 31.4 Å². The van der Waals surface area contributed by atoms with Gasteiger partial charge in [0.05, 0.1) is 25.9 Å². The average molecular weight is 214 g/mol. The van der Waals surface area contributed by atoms with Gasteiger partial charge in [0.25, 0.3) is 0 Å². The van der Waals surface area contributed by atoms with E-state index >= 15 is 0 Å². The number of hydrogen-bond donors (Lipinski definition) is 2. The summed E-state index contributed by atoms with van der Waals surface area (Å²) in [5, 5.41) is 7.01. The van der Waals surface area contributed by atoms with Gasteiger partial charge in [-0.15, -0.1) is 0 Å². The molecule has 0 aliphatic carbocycles. The molecule has 0 spiro atoms. The van der Waals surface area contributed by atoms with Crippen molar-refractivity contribution >= 4 is 0 Å². The molecule has 0 radical (unpaired) electrons. The second-order valence-corrected chi connectivity index (χ2v) is 4.35. The van der Waals surface area contributed by atoms with E-state index in [4.69, 9.17) is 9.47 Å². The predicted molar refractivity (Wildman–Crippen MR) is 59.1 cm³/mol. The van der Waals surface area contributed by atoms with Crippen molar-refractivity contribution in [2.24, 2.45) is 0 Å². The molecule has 0 aromatic rings. The van der Waals surface area contributed by atoms with Crippen molar-refractivity contribution in [3.8, 4) is 0 Å². The summed E-state index contributed by atoms with van der Waals surface area (Å²) in [4.78, 5) is 0. The van der Waals surface area contributed by atoms with E-state index in [0.29, 0.717) is 6.04 Å². The van der Waals surface area contributed by atoms with Gasteiger partial charge in [0.1, 0.15) is 0 Å². The van der Waals surface area contributed by atoms with Crippen LogP contribution in [0.25, 0.3) is 0 Å². The van der Waals surface area contributed by atoms with E-state index in [1.54, 1.807) is 0 Å². The SMILES string of the molecule is C1CNCCC(NCC2COCCO2)C1. The lowest BCUT2D eigenvalue weighted by Gasteiger charge is -2.25. The fourth-order valence-electron chi connectivity index (χ4n) is 2.18. The van der Waals surface area contributed by atoms with Gasteiger partial charge in [-0.25, -0.2) is 0 Å². The second-order valence-electron chi connectivity index (χ2n) is 4.35. The number of nitrogens with one attached hydrogen (secondary N) is 2. The maximum absolute atomic E-state index is 5.60. The summed E-state index contributed by atoms with van der Waals surface area (Å²) >= 11 is 0. The molecule has 2 heterocycles. The van der Waals surface area contributed by atoms with Crippen molar-refractivity contribution in [1.82, 2.24) is 10.6 Å². The summed E-state index contributed by atoms with van der Waals surface area (Å²) < 4.78 is 11.0. The molecule has 0 aromatic carbocycles. The topological polar surface area (TPSA) is 42.5 Å². The van der Waals surface area contributed by atoms with Crippen LogP contribution in [0.4, 0.5) is 0 Å². The van der Waals surface area contributed by atoms with Crippen LogP contribution < -0.4 is 10.6 Å². The van der Waals surface area contributed by atoms with E-state index in [2.05, 4.69) is 10.6 Å². The summed E-state index contributed by atoms with van der Waals surface area (Å²) in [6, 6.07) is 0.658. The summed E-state index contributed by atoms with van der Waals surface area (Å²) in [6.07, 6.45) is 4.04. The van der Waals surface area contributed by atoms with Gasteiger partial charge in [0, 0.05) is 12.6 Å². The second kappa shape index (κ2) is 6.43. The molecule has 2 aliphatic rings. The Kier molecular flexibility index (Phi) is 4.86. The highest BCUT2D eigenvalue weighted by Crippen LogP contribution is 2.06. The molecule has 2 saturated heterocycles. The van der Waals surface area contributed by atoms with Gasteiger partial charge >= 0.3 is 0 Å². The van der Waals surface area contributed by atoms with E-state index in [1.807, 2.05) is 0 Å². The minimum absolute atomic E-state index is 0.259. The van der Waals surface area contributed by atoms with Gasteiger partial charge < -0.3 is 20.1 Å². The van der Waals surface area contributed by atoms with Gasteiger partial charge in [-0.2, -0.15) is 0 Å². The van der Waals surface area contributed by atoms with Crippen LogP contribution in [0.15, 0.2) is 0 Å². The third kappa shape index (κ3) is 4.07. The van der Waals surface area contributed by atoms with Crippen molar-refractivity contribution in [3.63, 3.8) is 0 Å². The summed E-state index contributed by atoms with van der Waals surface area (Å²) in [5.74, 6) is 0. The van der Waals surface area contributed by atoms with Gasteiger partial charge in [0.15, 0.2) is 0 Å². The number of rotatable bonds is 3. The first-order valence-corrected chi connectivity index (χ1v) is 6.08. The zero-order valence-electron chi connectivity index (χ0n) is 9.34. The predicted octanol–water partition coefficient (Wildman–Crippen LogP) is 0.134. The maximum atomic E-state index is 5.60. The Labute approximate surface area is 91.7 Å². The van der Waals surface area contributed by atoms with Crippen LogP contribution in [0.1, 0.15) is 19.3 Å². The van der Waals surface area contributed by atoms with Crippen molar-refractivity contribution in [1.29, 1.82) is 0 Å². The Balaban J connectivity index is 1.62. The standard InChI is InChI=1S/C11H22N2O2/c1-2-10(3-5-12-4-1)13-8-11-9-14-6-7-15-11/h10-13H,1-9H2. The summed E-state index contributed by atoms with van der Waals surface area (Å²) in [5.41, 5.74) is 0. The molecule has 2 unspecified atom stereocenters. The highest BCUT2D eigenvalue weighted by Gasteiger charge is 2.17. The Morgan fingerprint density at radius 2 is 2.20 bits per heavy atom. The molecule has 2 N–H and O–H groups in total. The van der Waals surface area contributed by atoms with E-state index < -0.39 is 0 Å². The van der Waals surface area contributed by atoms with Crippen molar-refractivity contribution < 1.29 is 9.47 Å². The first-order valence-electron chi connectivity index (χ1n) is 6.08. The molecule has 0 saturated carbocycles. The van der Waals surface area contributed by atoms with Gasteiger partial charge in [-0.05, 0) is 32.4 Å². The van der Waals surface area contributed by atoms with E-state index in [1.165, 1.54) is 25.8 Å². The molecule has 4 nitrogen and oxygen atoms in total. The highest BCUT2D eigenvalue weighted by atomic mass is 16.6. The van der Waals surface area contributed by atoms with Gasteiger partial charge in [-0.1, -0.05) is 0 Å². The minimum Gasteiger partial charge on any atom is -0.376 e. The lowest BCUT2D eigenvalue weighted by Crippen LogP contribution is -2.41. The fourth-order valence-corrected chi connectivity index (χ4v) is 2.18. The Hall–Kier alpha value is -0.160. The molecular formula is C11H22N2O2. The van der Waals surface area contributed by atoms with E-state index in [-0.39, 0.29) is 6.10 Å². The Morgan fingerprint density at radius 1 is 1.20 bits per heavy atom. The van der Waals surface area contributed by atoms with Crippen molar-refractivity contribution in [3.05, 3.63) is 0 Å². The quantitative estimate of drug-likeness (QED) is 0.701. The van der Waals surface area contributed by atoms with E-state index in [0.717, 1.165) is 32.9 Å². The van der Waals surface area contributed by atoms with Crippen LogP contribution in [0.3, 0.4) is 0 Å². The molecule has 4 heteroatoms. The van der Waals surface area contributed by atoms with Crippen LogP contribution in [-0.4, -0.2) is 51.6 Å². The molecule has 88 valence electrons. The zero-order valence-corrected chi connectivity index (χ0v) is 9.34. The molecule has 0 aromatic heterocycles. The Bertz CT molecular complexity index is 164. The maximum Gasteiger partial charge on any atom is 0.0933 e. The van der Waals surface area contributed by atoms with Crippen LogP contribution in [0.5, 0.6) is 0 Å². The zero-order chi connectivity index (χ0) is 10.3. The molecular weight excluding hydrogens is 192 g/mol. The number of hydrogen-bond acceptors (Lipinski definition) is 4. The van der Waals surface area contributed by atoms with Gasteiger partial charge in [-0.3, -0.25) is 0 Å². The Morgan fingerprint density at radius 3 is 3.07 bits per heavy atom. The third-order valence-corrected chi connectivity index (χ3v) is 3.09. The molecule has 2 fully saturated rings. The van der Waals surface area contributed by atoms with Crippen LogP contribution in [-0.2, 0) is 9.47 Å². The largest absolute Gasteiger partial charge is 0.376 e. The van der Waals surface area contributed by atoms with Crippen molar-refractivity contribution in [2.75, 3.05) is 39.5 Å². The molecule has 2 atom stereocenters. The first kappa shape index (κ1) is 11.3. The highest BCUT2D eigenvalue weighted by molar-refractivity contribution is 4.75. The lowest BCUT2D eigenvalue weighted by molar-refractivity contribution is -0.0871. The van der Waals surface area contributed by atoms with Crippen LogP contribution in [0, 0.1) is 0 Å². The normalized spacial score (nSPS) is 33.6. The van der Waals surface area contributed by atoms with Crippen LogP contribution in [0.2, 0.25) is 0 Å². The fraction of sp³-hybridized carbons (Fsp3) is 1.00. The average Bonchev–Trinajstić information content (AvgIpc) is 2.56. The third-order valence-electron chi connectivity index (χ3n) is 3.09. The molecule has 2 rings (SSSR count). The molecule has 0 amide bonds.